The van der Waals surface area contributed by atoms with E-state index in [9.17, 15) is 15.0 Å². The van der Waals surface area contributed by atoms with E-state index in [0.717, 1.165) is 0 Å². The minimum Gasteiger partial charge on any atom is -0.431 e. The number of nitrogen functional groups attached to an aromatic ring is 1. The van der Waals surface area contributed by atoms with Crippen LogP contribution in [0.3, 0.4) is 0 Å². The van der Waals surface area contributed by atoms with Crippen molar-refractivity contribution in [1.82, 2.24) is 14.6 Å². The van der Waals surface area contributed by atoms with Gasteiger partial charge in [0.05, 0.1) is 5.69 Å². The highest BCUT2D eigenvalue weighted by molar-refractivity contribution is 5.75. The fourth-order valence-corrected chi connectivity index (χ4v) is 3.12. The molecule has 3 heterocycles. The summed E-state index contributed by atoms with van der Waals surface area (Å²) in [4.78, 5) is 19.4. The van der Waals surface area contributed by atoms with Crippen LogP contribution in [0, 0.1) is 0 Å². The Bertz CT molecular complexity index is 899. The van der Waals surface area contributed by atoms with E-state index in [-0.39, 0.29) is 19.0 Å². The fourth-order valence-electron chi connectivity index (χ4n) is 3.12. The first-order valence-corrected chi connectivity index (χ1v) is 8.41. The molecule has 1 aliphatic rings. The van der Waals surface area contributed by atoms with Gasteiger partial charge in [0.1, 0.15) is 43.4 Å². The zero-order valence-corrected chi connectivity index (χ0v) is 15.1. The Labute approximate surface area is 160 Å². The number of hydrogen-bond donors (Lipinski definition) is 3. The van der Waals surface area contributed by atoms with E-state index in [1.54, 1.807) is 12.1 Å². The van der Waals surface area contributed by atoms with Crippen molar-refractivity contribution in [2.45, 2.75) is 23.9 Å². The van der Waals surface area contributed by atoms with Crippen molar-refractivity contribution in [3.05, 3.63) is 36.8 Å². The van der Waals surface area contributed by atoms with Crippen molar-refractivity contribution < 1.29 is 29.2 Å². The van der Waals surface area contributed by atoms with Gasteiger partial charge in [0.15, 0.2) is 11.4 Å². The van der Waals surface area contributed by atoms with Crippen molar-refractivity contribution in [3.8, 4) is 0 Å². The summed E-state index contributed by atoms with van der Waals surface area (Å²) in [5, 5.41) is 25.4. The van der Waals surface area contributed by atoms with Crippen molar-refractivity contribution in [2.75, 3.05) is 26.0 Å². The summed E-state index contributed by atoms with van der Waals surface area (Å²) in [5.74, 6) is 0.239. The van der Waals surface area contributed by atoms with E-state index in [0.29, 0.717) is 11.2 Å². The first kappa shape index (κ1) is 19.7. The van der Waals surface area contributed by atoms with Gasteiger partial charge >= 0.3 is 6.16 Å². The molecule has 4 N–H and O–H groups in total. The summed E-state index contributed by atoms with van der Waals surface area (Å²) in [7, 11) is 1.50. The normalized spacial score (nSPS) is 27.3. The van der Waals surface area contributed by atoms with Crippen LogP contribution >= 0.6 is 0 Å². The van der Waals surface area contributed by atoms with Gasteiger partial charge in [0.2, 0.25) is 0 Å². The Balaban J connectivity index is 1.91. The predicted molar refractivity (Wildman–Crippen MR) is 97.9 cm³/mol. The van der Waals surface area contributed by atoms with Crippen LogP contribution in [0.5, 0.6) is 0 Å². The Morgan fingerprint density at radius 2 is 2.29 bits per heavy atom. The van der Waals surface area contributed by atoms with Crippen LogP contribution in [0.25, 0.3) is 5.52 Å². The molecule has 2 aromatic heterocycles. The van der Waals surface area contributed by atoms with Crippen LogP contribution in [-0.4, -0.2) is 75.8 Å². The number of aliphatic hydroxyl groups is 2. The number of nitrogens with two attached hydrogens (primary N) is 1. The van der Waals surface area contributed by atoms with Crippen LogP contribution in [0.1, 0.15) is 5.69 Å². The summed E-state index contributed by atoms with van der Waals surface area (Å²) in [6.45, 7) is 3.07. The Morgan fingerprint density at radius 3 is 3.00 bits per heavy atom. The molecule has 0 spiro atoms. The molecule has 0 amide bonds. The number of aliphatic imine (C=N–C) groups is 1. The maximum absolute atomic E-state index is 11.5. The van der Waals surface area contributed by atoms with Gasteiger partial charge in [-0.25, -0.2) is 14.3 Å². The number of nitrogens with zero attached hydrogens (tertiary/aromatic N) is 4. The van der Waals surface area contributed by atoms with Gasteiger partial charge in [0.25, 0.3) is 0 Å². The van der Waals surface area contributed by atoms with Gasteiger partial charge in [-0.1, -0.05) is 12.7 Å². The monoisotopic (exact) mass is 391 g/mol. The lowest BCUT2D eigenvalue weighted by Gasteiger charge is -2.27. The smallest absolute Gasteiger partial charge is 0.431 e. The Morgan fingerprint density at radius 1 is 1.50 bits per heavy atom. The first-order chi connectivity index (χ1) is 13.4. The highest BCUT2D eigenvalue weighted by Crippen LogP contribution is 2.39. The highest BCUT2D eigenvalue weighted by Gasteiger charge is 2.56. The zero-order valence-electron chi connectivity index (χ0n) is 15.1. The van der Waals surface area contributed by atoms with Crippen molar-refractivity contribution in [1.29, 1.82) is 0 Å². The Hall–Kier alpha value is -3.02. The van der Waals surface area contributed by atoms with E-state index >= 15 is 0 Å². The number of aromatic nitrogens is 3. The van der Waals surface area contributed by atoms with E-state index < -0.39 is 30.1 Å². The summed E-state index contributed by atoms with van der Waals surface area (Å²) in [6.07, 6.45) is -0.749. The second kappa shape index (κ2) is 7.92. The van der Waals surface area contributed by atoms with Gasteiger partial charge in [-0.05, 0) is 12.1 Å². The van der Waals surface area contributed by atoms with Gasteiger partial charge in [-0.2, -0.15) is 5.10 Å². The largest absolute Gasteiger partial charge is 0.508 e. The number of carbonyl (C=O) groups excluding carboxylic acids is 1. The SMILES string of the molecule is C=CCOC(=O)OC[C@H]1O[C@@](C=NC)(c2ccc3c(N)ncnn23)[C@H](O)[C@@H]1O. The second-order valence-corrected chi connectivity index (χ2v) is 6.09. The fraction of sp³-hybridized carbons (Fsp3) is 0.412. The summed E-state index contributed by atoms with van der Waals surface area (Å²) >= 11 is 0. The van der Waals surface area contributed by atoms with E-state index in [1.807, 2.05) is 0 Å². The number of anilines is 1. The average Bonchev–Trinajstić information content (AvgIpc) is 3.22. The molecule has 11 heteroatoms. The van der Waals surface area contributed by atoms with Gasteiger partial charge in [-0.15, -0.1) is 0 Å². The lowest BCUT2D eigenvalue weighted by molar-refractivity contribution is -0.0625. The molecule has 0 saturated carbocycles. The van der Waals surface area contributed by atoms with Crippen LogP contribution in [-0.2, 0) is 19.8 Å². The van der Waals surface area contributed by atoms with E-state index in [4.69, 9.17) is 19.9 Å². The quantitative estimate of drug-likeness (QED) is 0.341. The van der Waals surface area contributed by atoms with Gasteiger partial charge in [0, 0.05) is 13.3 Å². The molecule has 28 heavy (non-hydrogen) atoms. The predicted octanol–water partition coefficient (Wildman–Crippen LogP) is -0.333. The molecule has 4 atom stereocenters. The molecule has 150 valence electrons. The number of fused-ring (bicyclic) bond motifs is 1. The summed E-state index contributed by atoms with van der Waals surface area (Å²) in [5.41, 5.74) is 5.20. The Kier molecular flexibility index (Phi) is 5.58. The third-order valence-electron chi connectivity index (χ3n) is 4.38. The average molecular weight is 391 g/mol. The third kappa shape index (κ3) is 3.30. The number of ether oxygens (including phenoxy) is 3. The molecule has 2 aromatic rings. The van der Waals surface area contributed by atoms with Crippen molar-refractivity contribution in [2.24, 2.45) is 4.99 Å². The van der Waals surface area contributed by atoms with E-state index in [1.165, 1.54) is 30.2 Å². The second-order valence-electron chi connectivity index (χ2n) is 6.09. The van der Waals surface area contributed by atoms with Crippen molar-refractivity contribution >= 4 is 23.7 Å². The summed E-state index contributed by atoms with van der Waals surface area (Å²) < 4.78 is 17.0. The van der Waals surface area contributed by atoms with Crippen LogP contribution in [0.2, 0.25) is 0 Å². The zero-order chi connectivity index (χ0) is 20.3. The maximum atomic E-state index is 11.5. The molecule has 1 aliphatic heterocycles. The number of hydrogen-bond acceptors (Lipinski definition) is 10. The maximum Gasteiger partial charge on any atom is 0.508 e. The van der Waals surface area contributed by atoms with Crippen LogP contribution in [0.15, 0.2) is 36.1 Å². The minimum atomic E-state index is -1.54. The van der Waals surface area contributed by atoms with Gasteiger partial charge < -0.3 is 30.2 Å². The molecule has 11 nitrogen and oxygen atoms in total. The molecule has 0 aliphatic carbocycles. The number of carbonyl (C=O) groups is 1. The molecule has 0 radical (unpaired) electrons. The number of aliphatic hydroxyl groups excluding tert-OH is 2. The lowest BCUT2D eigenvalue weighted by Crippen LogP contribution is -2.43. The molecular formula is C17H21N5O6. The van der Waals surface area contributed by atoms with Crippen LogP contribution in [0.4, 0.5) is 10.6 Å². The third-order valence-corrected chi connectivity index (χ3v) is 4.38. The molecule has 0 aromatic carbocycles. The van der Waals surface area contributed by atoms with Crippen LogP contribution < -0.4 is 5.73 Å². The molecule has 0 bridgehead atoms. The van der Waals surface area contributed by atoms with Crippen molar-refractivity contribution in [3.63, 3.8) is 0 Å². The lowest BCUT2D eigenvalue weighted by atomic mass is 9.92. The first-order valence-electron chi connectivity index (χ1n) is 8.41. The summed E-state index contributed by atoms with van der Waals surface area (Å²) in [6, 6.07) is 3.30. The standard InChI is InChI=1S/C17H21N5O6/c1-3-6-26-16(25)27-7-11-13(23)14(24)17(28-11,8-19-2)12-5-4-10-15(18)20-9-21-22(10)12/h3-5,8-9,11,13-14,23-24H,1,6-7H2,2H3,(H2,18,20,21)/t11-,13-,14-,17+/m1/s1. The molecular weight excluding hydrogens is 370 g/mol. The molecule has 1 fully saturated rings. The minimum absolute atomic E-state index is 0.0146. The number of rotatable bonds is 6. The molecule has 0 unspecified atom stereocenters. The molecule has 1 saturated heterocycles. The molecule has 3 rings (SSSR count). The topological polar surface area (TPSA) is 154 Å². The van der Waals surface area contributed by atoms with E-state index in [2.05, 4.69) is 21.7 Å². The highest BCUT2D eigenvalue weighted by atomic mass is 16.7. The van der Waals surface area contributed by atoms with Gasteiger partial charge in [-0.3, -0.25) is 4.99 Å².